The Morgan fingerprint density at radius 2 is 2.00 bits per heavy atom. The van der Waals surface area contributed by atoms with E-state index in [1.165, 1.54) is 6.20 Å². The molecule has 0 spiro atoms. The summed E-state index contributed by atoms with van der Waals surface area (Å²) in [7, 11) is 0. The van der Waals surface area contributed by atoms with Gasteiger partial charge in [0.1, 0.15) is 5.82 Å². The van der Waals surface area contributed by atoms with Gasteiger partial charge in [0.25, 0.3) is 0 Å². The van der Waals surface area contributed by atoms with E-state index in [2.05, 4.69) is 4.98 Å². The maximum Gasteiger partial charge on any atom is 0.147 e. The van der Waals surface area contributed by atoms with Gasteiger partial charge in [0, 0.05) is 5.56 Å². The molecule has 0 radical (unpaired) electrons. The molecular formula is C7H12N4. The summed E-state index contributed by atoms with van der Waals surface area (Å²) in [5, 5.41) is 0. The number of rotatable bonds is 1. The van der Waals surface area contributed by atoms with E-state index in [1.807, 2.05) is 6.92 Å². The van der Waals surface area contributed by atoms with Gasteiger partial charge in [-0.25, -0.2) is 4.98 Å². The van der Waals surface area contributed by atoms with E-state index in [9.17, 15) is 0 Å². The van der Waals surface area contributed by atoms with Crippen molar-refractivity contribution in [2.45, 2.75) is 13.3 Å². The first-order valence-electron chi connectivity index (χ1n) is 3.45. The maximum absolute atomic E-state index is 5.63. The fourth-order valence-electron chi connectivity index (χ4n) is 0.991. The maximum atomic E-state index is 5.63. The van der Waals surface area contributed by atoms with Gasteiger partial charge in [-0.1, -0.05) is 6.92 Å². The SMILES string of the molecule is CCc1c(N)cnc(N)c1N. The molecule has 0 atom stereocenters. The molecule has 0 bridgehead atoms. The van der Waals surface area contributed by atoms with E-state index in [1.54, 1.807) is 0 Å². The fraction of sp³-hybridized carbons (Fsp3) is 0.286. The van der Waals surface area contributed by atoms with E-state index in [0.717, 1.165) is 12.0 Å². The Hall–Kier alpha value is -1.45. The van der Waals surface area contributed by atoms with E-state index >= 15 is 0 Å². The number of nitrogens with two attached hydrogens (primary N) is 3. The summed E-state index contributed by atoms with van der Waals surface area (Å²) in [6, 6.07) is 0. The molecule has 0 aromatic carbocycles. The molecule has 1 rings (SSSR count). The molecular weight excluding hydrogens is 140 g/mol. The molecule has 1 aromatic rings. The Balaban J connectivity index is 3.29. The summed E-state index contributed by atoms with van der Waals surface area (Å²) in [5.74, 6) is 0.357. The molecule has 0 amide bonds. The largest absolute Gasteiger partial charge is 0.397 e. The average molecular weight is 152 g/mol. The smallest absolute Gasteiger partial charge is 0.147 e. The minimum Gasteiger partial charge on any atom is -0.397 e. The molecule has 1 aromatic heterocycles. The molecule has 11 heavy (non-hydrogen) atoms. The Morgan fingerprint density at radius 1 is 1.36 bits per heavy atom. The van der Waals surface area contributed by atoms with E-state index in [0.29, 0.717) is 17.2 Å². The molecule has 0 unspecified atom stereocenters. The summed E-state index contributed by atoms with van der Waals surface area (Å²) in [5.41, 5.74) is 18.7. The van der Waals surface area contributed by atoms with Gasteiger partial charge in [0.05, 0.1) is 17.6 Å². The predicted molar refractivity (Wildman–Crippen MR) is 46.9 cm³/mol. The standard InChI is InChI=1S/C7H12N4/c1-2-4-5(8)3-11-7(10)6(4)9/h3H,2,8-9H2,1H3,(H2,10,11). The van der Waals surface area contributed by atoms with Crippen LogP contribution in [0.2, 0.25) is 0 Å². The number of anilines is 3. The van der Waals surface area contributed by atoms with Gasteiger partial charge >= 0.3 is 0 Å². The molecule has 4 heteroatoms. The van der Waals surface area contributed by atoms with Crippen molar-refractivity contribution < 1.29 is 0 Å². The first kappa shape index (κ1) is 7.65. The third kappa shape index (κ3) is 1.19. The van der Waals surface area contributed by atoms with Crippen molar-refractivity contribution in [3.8, 4) is 0 Å². The van der Waals surface area contributed by atoms with Crippen LogP contribution in [0.15, 0.2) is 6.20 Å². The van der Waals surface area contributed by atoms with Crippen LogP contribution in [-0.2, 0) is 6.42 Å². The number of nitrogen functional groups attached to an aromatic ring is 3. The number of hydrogen-bond acceptors (Lipinski definition) is 4. The highest BCUT2D eigenvalue weighted by molar-refractivity contribution is 5.70. The van der Waals surface area contributed by atoms with Crippen LogP contribution in [-0.4, -0.2) is 4.98 Å². The minimum absolute atomic E-state index is 0.357. The molecule has 0 aliphatic carbocycles. The molecule has 0 aliphatic heterocycles. The van der Waals surface area contributed by atoms with E-state index < -0.39 is 0 Å². The quantitative estimate of drug-likeness (QED) is 0.543. The zero-order valence-electron chi connectivity index (χ0n) is 6.46. The van der Waals surface area contributed by atoms with Crippen LogP contribution in [0.3, 0.4) is 0 Å². The average Bonchev–Trinajstić information content (AvgIpc) is 1.99. The molecule has 1 heterocycles. The number of pyridine rings is 1. The Labute approximate surface area is 65.4 Å². The second-order valence-corrected chi connectivity index (χ2v) is 2.34. The van der Waals surface area contributed by atoms with Crippen molar-refractivity contribution in [1.82, 2.24) is 4.98 Å². The number of nitrogens with zero attached hydrogens (tertiary/aromatic N) is 1. The highest BCUT2D eigenvalue weighted by Gasteiger charge is 2.04. The Morgan fingerprint density at radius 3 is 2.45 bits per heavy atom. The lowest BCUT2D eigenvalue weighted by molar-refractivity contribution is 1.13. The highest BCUT2D eigenvalue weighted by Crippen LogP contribution is 2.23. The molecule has 60 valence electrons. The number of hydrogen-bond donors (Lipinski definition) is 3. The zero-order chi connectivity index (χ0) is 8.43. The molecule has 0 saturated carbocycles. The third-order valence-electron chi connectivity index (χ3n) is 1.65. The normalized spacial score (nSPS) is 9.91. The molecule has 4 nitrogen and oxygen atoms in total. The van der Waals surface area contributed by atoms with Gasteiger partial charge in [0.2, 0.25) is 0 Å². The van der Waals surface area contributed by atoms with Crippen LogP contribution >= 0.6 is 0 Å². The topological polar surface area (TPSA) is 90.9 Å². The summed E-state index contributed by atoms with van der Waals surface area (Å²) in [6.07, 6.45) is 2.31. The lowest BCUT2D eigenvalue weighted by Crippen LogP contribution is -2.05. The van der Waals surface area contributed by atoms with Crippen LogP contribution in [0, 0.1) is 0 Å². The first-order chi connectivity index (χ1) is 5.16. The van der Waals surface area contributed by atoms with Crippen LogP contribution in [0.5, 0.6) is 0 Å². The second-order valence-electron chi connectivity index (χ2n) is 2.34. The Bertz CT molecular complexity index is 269. The molecule has 0 saturated heterocycles. The zero-order valence-corrected chi connectivity index (χ0v) is 6.46. The van der Waals surface area contributed by atoms with Gasteiger partial charge in [-0.15, -0.1) is 0 Å². The van der Waals surface area contributed by atoms with Crippen LogP contribution in [0.4, 0.5) is 17.2 Å². The van der Waals surface area contributed by atoms with Gasteiger partial charge in [0.15, 0.2) is 0 Å². The van der Waals surface area contributed by atoms with Gasteiger partial charge < -0.3 is 17.2 Å². The minimum atomic E-state index is 0.357. The highest BCUT2D eigenvalue weighted by atomic mass is 14.9. The predicted octanol–water partition coefficient (Wildman–Crippen LogP) is 0.391. The van der Waals surface area contributed by atoms with Crippen molar-refractivity contribution in [1.29, 1.82) is 0 Å². The van der Waals surface area contributed by atoms with Crippen molar-refractivity contribution >= 4 is 17.2 Å². The van der Waals surface area contributed by atoms with E-state index in [4.69, 9.17) is 17.2 Å². The van der Waals surface area contributed by atoms with Crippen molar-refractivity contribution in [2.24, 2.45) is 0 Å². The molecule has 6 N–H and O–H groups in total. The van der Waals surface area contributed by atoms with Crippen molar-refractivity contribution in [3.05, 3.63) is 11.8 Å². The fourth-order valence-corrected chi connectivity index (χ4v) is 0.991. The van der Waals surface area contributed by atoms with Gasteiger partial charge in [-0.2, -0.15) is 0 Å². The summed E-state index contributed by atoms with van der Waals surface area (Å²) in [4.78, 5) is 3.81. The Kier molecular flexibility index (Phi) is 1.85. The molecule has 0 fully saturated rings. The lowest BCUT2D eigenvalue weighted by Gasteiger charge is -2.07. The van der Waals surface area contributed by atoms with Gasteiger partial charge in [-0.3, -0.25) is 0 Å². The van der Waals surface area contributed by atoms with Crippen LogP contribution in [0.25, 0.3) is 0 Å². The lowest BCUT2D eigenvalue weighted by atomic mass is 10.1. The third-order valence-corrected chi connectivity index (χ3v) is 1.65. The van der Waals surface area contributed by atoms with Crippen LogP contribution < -0.4 is 17.2 Å². The van der Waals surface area contributed by atoms with Crippen molar-refractivity contribution in [2.75, 3.05) is 17.2 Å². The van der Waals surface area contributed by atoms with Crippen molar-refractivity contribution in [3.63, 3.8) is 0 Å². The molecule has 0 aliphatic rings. The monoisotopic (exact) mass is 152 g/mol. The summed E-state index contributed by atoms with van der Waals surface area (Å²) >= 11 is 0. The second kappa shape index (κ2) is 2.65. The summed E-state index contributed by atoms with van der Waals surface area (Å²) < 4.78 is 0. The van der Waals surface area contributed by atoms with Crippen LogP contribution in [0.1, 0.15) is 12.5 Å². The number of aromatic nitrogens is 1. The summed E-state index contributed by atoms with van der Waals surface area (Å²) in [6.45, 7) is 1.97. The van der Waals surface area contributed by atoms with E-state index in [-0.39, 0.29) is 0 Å². The first-order valence-corrected chi connectivity index (χ1v) is 3.45. The van der Waals surface area contributed by atoms with Gasteiger partial charge in [-0.05, 0) is 6.42 Å².